The Labute approximate surface area is 172 Å². The minimum absolute atomic E-state index is 0.294. The molecule has 0 atom stereocenters. The maximum absolute atomic E-state index is 13.5. The summed E-state index contributed by atoms with van der Waals surface area (Å²) in [5.74, 6) is -0.600. The van der Waals surface area contributed by atoms with Crippen molar-refractivity contribution in [1.29, 1.82) is 0 Å². The number of oxazole rings is 1. The van der Waals surface area contributed by atoms with E-state index in [1.165, 1.54) is 6.07 Å². The van der Waals surface area contributed by atoms with Crippen LogP contribution in [-0.2, 0) is 6.54 Å². The second-order valence-corrected chi connectivity index (χ2v) is 7.47. The number of imidazole rings is 1. The average molecular weight is 409 g/mol. The van der Waals surface area contributed by atoms with Gasteiger partial charge >= 0.3 is 0 Å². The number of anilines is 1. The smallest absolute Gasteiger partial charge is 0.226 e. The van der Waals surface area contributed by atoms with E-state index in [0.717, 1.165) is 67.4 Å². The van der Waals surface area contributed by atoms with Gasteiger partial charge in [-0.1, -0.05) is 12.1 Å². The predicted octanol–water partition coefficient (Wildman–Crippen LogP) is 4.21. The molecule has 0 radical (unpaired) electrons. The maximum Gasteiger partial charge on any atom is 0.226 e. The molecule has 154 valence electrons. The lowest BCUT2D eigenvalue weighted by molar-refractivity contribution is 0.282. The van der Waals surface area contributed by atoms with Crippen LogP contribution in [0.1, 0.15) is 12.1 Å². The van der Waals surface area contributed by atoms with Crippen molar-refractivity contribution in [3.63, 3.8) is 0 Å². The summed E-state index contributed by atoms with van der Waals surface area (Å²) in [6, 6.07) is 11.7. The van der Waals surface area contributed by atoms with Crippen LogP contribution in [-0.4, -0.2) is 46.0 Å². The van der Waals surface area contributed by atoms with Crippen LogP contribution >= 0.6 is 0 Å². The first-order valence-electron chi connectivity index (χ1n) is 9.97. The third kappa shape index (κ3) is 3.78. The fourth-order valence-corrected chi connectivity index (χ4v) is 3.80. The molecule has 1 saturated heterocycles. The number of rotatable bonds is 4. The third-order valence-electron chi connectivity index (χ3n) is 5.37. The summed E-state index contributed by atoms with van der Waals surface area (Å²) in [6.07, 6.45) is 2.59. The Hall–Kier alpha value is -3.26. The first kappa shape index (κ1) is 18.7. The molecule has 4 aromatic rings. The van der Waals surface area contributed by atoms with Gasteiger partial charge in [-0.05, 0) is 36.8 Å². The van der Waals surface area contributed by atoms with E-state index in [9.17, 15) is 8.78 Å². The van der Waals surface area contributed by atoms with Crippen molar-refractivity contribution < 1.29 is 13.2 Å². The van der Waals surface area contributed by atoms with Crippen molar-refractivity contribution in [2.24, 2.45) is 0 Å². The van der Waals surface area contributed by atoms with Gasteiger partial charge in [-0.25, -0.2) is 18.7 Å². The highest BCUT2D eigenvalue weighted by Crippen LogP contribution is 2.22. The third-order valence-corrected chi connectivity index (χ3v) is 5.37. The largest absolute Gasteiger partial charge is 0.444 e. The molecule has 5 rings (SSSR count). The predicted molar refractivity (Wildman–Crippen MR) is 110 cm³/mol. The number of para-hydroxylation sites is 2. The summed E-state index contributed by atoms with van der Waals surface area (Å²) in [4.78, 5) is 17.1. The van der Waals surface area contributed by atoms with Crippen molar-refractivity contribution >= 4 is 17.0 Å². The molecule has 2 aromatic carbocycles. The van der Waals surface area contributed by atoms with E-state index in [1.54, 1.807) is 6.26 Å². The van der Waals surface area contributed by atoms with Gasteiger partial charge in [-0.3, -0.25) is 4.90 Å². The molecule has 0 spiro atoms. The van der Waals surface area contributed by atoms with Crippen molar-refractivity contribution in [3.05, 3.63) is 66.1 Å². The summed E-state index contributed by atoms with van der Waals surface area (Å²) < 4.78 is 32.1. The first-order valence-corrected chi connectivity index (χ1v) is 9.97. The molecule has 0 unspecified atom stereocenters. The lowest BCUT2D eigenvalue weighted by Gasteiger charge is -2.20. The fraction of sp³-hybridized carbons (Fsp3) is 0.273. The van der Waals surface area contributed by atoms with Gasteiger partial charge in [0.05, 0.1) is 16.7 Å². The molecule has 0 bridgehead atoms. The van der Waals surface area contributed by atoms with Gasteiger partial charge in [0.25, 0.3) is 0 Å². The Morgan fingerprint density at radius 1 is 0.967 bits per heavy atom. The molecule has 8 heteroatoms. The Kier molecular flexibility index (Phi) is 4.92. The molecule has 6 nitrogen and oxygen atoms in total. The quantitative estimate of drug-likeness (QED) is 0.547. The number of halogens is 2. The summed E-state index contributed by atoms with van der Waals surface area (Å²) in [5, 5.41) is 0. The zero-order valence-corrected chi connectivity index (χ0v) is 16.3. The molecule has 1 aliphatic rings. The highest BCUT2D eigenvalue weighted by Gasteiger charge is 2.19. The van der Waals surface area contributed by atoms with Crippen LogP contribution in [0.15, 0.2) is 53.1 Å². The van der Waals surface area contributed by atoms with E-state index >= 15 is 0 Å². The summed E-state index contributed by atoms with van der Waals surface area (Å²) in [7, 11) is 0. The highest BCUT2D eigenvalue weighted by atomic mass is 19.2. The van der Waals surface area contributed by atoms with Crippen LogP contribution in [0.2, 0.25) is 0 Å². The van der Waals surface area contributed by atoms with Crippen LogP contribution in [0.5, 0.6) is 0 Å². The molecule has 0 saturated carbocycles. The first-order chi connectivity index (χ1) is 14.7. The van der Waals surface area contributed by atoms with Gasteiger partial charge in [0.15, 0.2) is 11.6 Å². The van der Waals surface area contributed by atoms with Gasteiger partial charge in [-0.15, -0.1) is 0 Å². The van der Waals surface area contributed by atoms with Crippen molar-refractivity contribution in [1.82, 2.24) is 19.9 Å². The molecule has 0 amide bonds. The van der Waals surface area contributed by atoms with Crippen molar-refractivity contribution in [2.75, 3.05) is 31.1 Å². The highest BCUT2D eigenvalue weighted by molar-refractivity contribution is 5.77. The van der Waals surface area contributed by atoms with E-state index in [-0.39, 0.29) is 0 Å². The number of nitrogens with one attached hydrogen (secondary N) is 1. The van der Waals surface area contributed by atoms with Crippen molar-refractivity contribution in [2.45, 2.75) is 13.0 Å². The van der Waals surface area contributed by atoms with Crippen LogP contribution in [0.4, 0.5) is 14.7 Å². The van der Waals surface area contributed by atoms with Crippen LogP contribution in [0.3, 0.4) is 0 Å². The number of aromatic nitrogens is 3. The fourth-order valence-electron chi connectivity index (χ4n) is 3.80. The normalized spacial score (nSPS) is 15.6. The summed E-state index contributed by atoms with van der Waals surface area (Å²) >= 11 is 0. The number of fused-ring (bicyclic) bond motifs is 1. The van der Waals surface area contributed by atoms with E-state index < -0.39 is 11.6 Å². The van der Waals surface area contributed by atoms with Crippen LogP contribution < -0.4 is 4.90 Å². The lowest BCUT2D eigenvalue weighted by atomic mass is 10.2. The minimum Gasteiger partial charge on any atom is -0.444 e. The lowest BCUT2D eigenvalue weighted by Crippen LogP contribution is -2.31. The number of hydrogen-bond acceptors (Lipinski definition) is 5. The Bertz CT molecular complexity index is 1140. The molecular weight excluding hydrogens is 388 g/mol. The van der Waals surface area contributed by atoms with E-state index in [1.807, 2.05) is 24.3 Å². The van der Waals surface area contributed by atoms with E-state index in [4.69, 9.17) is 9.40 Å². The van der Waals surface area contributed by atoms with E-state index in [0.29, 0.717) is 18.0 Å². The Morgan fingerprint density at radius 3 is 2.73 bits per heavy atom. The number of benzene rings is 2. The van der Waals surface area contributed by atoms with Gasteiger partial charge in [0.2, 0.25) is 11.8 Å². The molecule has 3 heterocycles. The average Bonchev–Trinajstić information content (AvgIpc) is 3.32. The summed E-state index contributed by atoms with van der Waals surface area (Å²) in [5.41, 5.74) is 3.21. The molecule has 1 fully saturated rings. The number of H-pyrrole nitrogens is 1. The molecule has 1 aliphatic heterocycles. The second-order valence-electron chi connectivity index (χ2n) is 7.47. The van der Waals surface area contributed by atoms with Gasteiger partial charge in [0.1, 0.15) is 6.26 Å². The van der Waals surface area contributed by atoms with Gasteiger partial charge in [0, 0.05) is 38.3 Å². The van der Waals surface area contributed by atoms with Gasteiger partial charge < -0.3 is 14.3 Å². The Balaban J connectivity index is 1.24. The number of hydrogen-bond donors (Lipinski definition) is 1. The summed E-state index contributed by atoms with van der Waals surface area (Å²) in [6.45, 7) is 4.22. The molecule has 0 aliphatic carbocycles. The van der Waals surface area contributed by atoms with Crippen molar-refractivity contribution in [3.8, 4) is 11.5 Å². The van der Waals surface area contributed by atoms with Gasteiger partial charge in [-0.2, -0.15) is 0 Å². The monoisotopic (exact) mass is 409 g/mol. The number of nitrogens with zero attached hydrogens (tertiary/aromatic N) is 4. The Morgan fingerprint density at radius 2 is 1.87 bits per heavy atom. The molecule has 30 heavy (non-hydrogen) atoms. The zero-order chi connectivity index (χ0) is 20.5. The topological polar surface area (TPSA) is 61.2 Å². The van der Waals surface area contributed by atoms with Crippen LogP contribution in [0.25, 0.3) is 22.5 Å². The van der Waals surface area contributed by atoms with E-state index in [2.05, 4.69) is 19.8 Å². The molecule has 1 N–H and O–H groups in total. The number of aromatic amines is 1. The molecular formula is C22H21F2N5O. The maximum atomic E-state index is 13.5. The van der Waals surface area contributed by atoms with Crippen LogP contribution in [0, 0.1) is 11.6 Å². The standard InChI is InChI=1S/C22H21F2N5O/c23-17-7-6-15(12-18(17)24)21-25-16(14-30-21)13-28-8-3-9-29(11-10-28)22-26-19-4-1-2-5-20(19)27-22/h1-2,4-7,12,14H,3,8-11,13H2,(H,26,27). The minimum atomic E-state index is -0.912. The zero-order valence-electron chi connectivity index (χ0n) is 16.3. The SMILES string of the molecule is Fc1ccc(-c2nc(CN3CCCN(c4nc5ccccc5[nH]4)CC3)co2)cc1F. The molecule has 2 aromatic heterocycles. The second kappa shape index (κ2) is 7.87.